The summed E-state index contributed by atoms with van der Waals surface area (Å²) < 4.78 is 0. The van der Waals surface area contributed by atoms with Crippen LogP contribution in [0.25, 0.3) is 0 Å². The third-order valence-electron chi connectivity index (χ3n) is 4.72. The first-order chi connectivity index (χ1) is 14.0. The van der Waals surface area contributed by atoms with Crippen LogP contribution >= 0.6 is 11.8 Å². The molecular formula is C24H34O4S. The molecular weight excluding hydrogens is 384 g/mol. The molecule has 2 N–H and O–H groups in total. The standard InChI is InChI=1S/C24H34O4S/c1-2-3-4-5-6-7-8-9-10-11-12-13-16-29-19-21(25)17-20-14-15-23(26)22(18-20)24(27)28/h14-15,18,26H,4-13,16-17,19H2,1H3,(H,27,28). The van der Waals surface area contributed by atoms with E-state index in [1.165, 1.54) is 63.5 Å². The van der Waals surface area contributed by atoms with Crippen molar-refractivity contribution in [2.45, 2.75) is 77.6 Å². The predicted octanol–water partition coefficient (Wildman–Crippen LogP) is 5.86. The molecule has 0 fully saturated rings. The summed E-state index contributed by atoms with van der Waals surface area (Å²) in [5.74, 6) is 6.10. The molecule has 1 aromatic rings. The summed E-state index contributed by atoms with van der Waals surface area (Å²) in [5, 5.41) is 18.5. The third kappa shape index (κ3) is 12.3. The zero-order valence-corrected chi connectivity index (χ0v) is 18.4. The van der Waals surface area contributed by atoms with Gasteiger partial charge >= 0.3 is 5.97 Å². The molecule has 1 rings (SSSR count). The molecule has 29 heavy (non-hydrogen) atoms. The zero-order valence-electron chi connectivity index (χ0n) is 17.5. The van der Waals surface area contributed by atoms with Gasteiger partial charge in [0.05, 0.1) is 5.75 Å². The largest absolute Gasteiger partial charge is 0.507 e. The molecule has 0 saturated carbocycles. The molecule has 0 spiro atoms. The van der Waals surface area contributed by atoms with Gasteiger partial charge in [0.25, 0.3) is 0 Å². The van der Waals surface area contributed by atoms with Crippen LogP contribution in [0.4, 0.5) is 0 Å². The molecule has 0 atom stereocenters. The van der Waals surface area contributed by atoms with Gasteiger partial charge in [0.1, 0.15) is 17.1 Å². The Morgan fingerprint density at radius 1 is 0.966 bits per heavy atom. The number of ketones is 1. The SMILES string of the molecule is CC#CCCCCCCCCCCCSCC(=O)Cc1ccc(O)c(C(=O)O)c1. The van der Waals surface area contributed by atoms with Gasteiger partial charge in [-0.3, -0.25) is 4.79 Å². The fourth-order valence-electron chi connectivity index (χ4n) is 3.11. The van der Waals surface area contributed by atoms with Crippen molar-refractivity contribution in [1.82, 2.24) is 0 Å². The fraction of sp³-hybridized carbons (Fsp3) is 0.583. The van der Waals surface area contributed by atoms with Crippen molar-refractivity contribution in [1.29, 1.82) is 0 Å². The Labute approximate surface area is 179 Å². The Hall–Kier alpha value is -1.93. The van der Waals surface area contributed by atoms with Gasteiger partial charge in [-0.15, -0.1) is 11.8 Å². The average molecular weight is 419 g/mol. The van der Waals surface area contributed by atoms with E-state index in [0.29, 0.717) is 11.3 Å². The first kappa shape index (κ1) is 25.1. The van der Waals surface area contributed by atoms with E-state index in [9.17, 15) is 14.7 Å². The van der Waals surface area contributed by atoms with Gasteiger partial charge in [0, 0.05) is 12.8 Å². The Morgan fingerprint density at radius 3 is 2.21 bits per heavy atom. The van der Waals surface area contributed by atoms with Gasteiger partial charge in [0.2, 0.25) is 0 Å². The molecule has 5 heteroatoms. The van der Waals surface area contributed by atoms with E-state index in [2.05, 4.69) is 11.8 Å². The summed E-state index contributed by atoms with van der Waals surface area (Å²) in [4.78, 5) is 23.1. The lowest BCUT2D eigenvalue weighted by molar-refractivity contribution is -0.116. The molecule has 0 aliphatic heterocycles. The second-order valence-electron chi connectivity index (χ2n) is 7.28. The summed E-state index contributed by atoms with van der Waals surface area (Å²) in [7, 11) is 0. The summed E-state index contributed by atoms with van der Waals surface area (Å²) >= 11 is 1.65. The Kier molecular flexibility index (Phi) is 13.8. The maximum Gasteiger partial charge on any atom is 0.339 e. The second kappa shape index (κ2) is 15.9. The minimum atomic E-state index is -1.19. The molecule has 0 bridgehead atoms. The maximum absolute atomic E-state index is 12.1. The number of Topliss-reactive ketones (excluding diaryl/α,β-unsaturated/α-hetero) is 1. The molecule has 160 valence electrons. The minimum Gasteiger partial charge on any atom is -0.507 e. The predicted molar refractivity (Wildman–Crippen MR) is 121 cm³/mol. The van der Waals surface area contributed by atoms with Crippen molar-refractivity contribution in [3.63, 3.8) is 0 Å². The lowest BCUT2D eigenvalue weighted by Crippen LogP contribution is -2.07. The van der Waals surface area contributed by atoms with Gasteiger partial charge in [-0.25, -0.2) is 4.79 Å². The number of unbranched alkanes of at least 4 members (excludes halogenated alkanes) is 9. The second-order valence-corrected chi connectivity index (χ2v) is 8.39. The number of phenols is 1. The van der Waals surface area contributed by atoms with E-state index in [1.54, 1.807) is 17.8 Å². The lowest BCUT2D eigenvalue weighted by atomic mass is 10.1. The molecule has 4 nitrogen and oxygen atoms in total. The normalized spacial score (nSPS) is 10.4. The van der Waals surface area contributed by atoms with Crippen LogP contribution in [0, 0.1) is 11.8 Å². The molecule has 0 heterocycles. The van der Waals surface area contributed by atoms with Crippen molar-refractivity contribution in [3.8, 4) is 17.6 Å². The molecule has 1 aromatic carbocycles. The highest BCUT2D eigenvalue weighted by Crippen LogP contribution is 2.19. The Balaban J connectivity index is 2.00. The number of thioether (sulfide) groups is 1. The van der Waals surface area contributed by atoms with Crippen LogP contribution in [0.15, 0.2) is 18.2 Å². The molecule has 0 saturated heterocycles. The highest BCUT2D eigenvalue weighted by atomic mass is 32.2. The van der Waals surface area contributed by atoms with Crippen LogP contribution in [-0.2, 0) is 11.2 Å². The molecule has 0 aliphatic rings. The van der Waals surface area contributed by atoms with Crippen LogP contribution < -0.4 is 0 Å². The van der Waals surface area contributed by atoms with Crippen LogP contribution in [0.2, 0.25) is 0 Å². The highest BCUT2D eigenvalue weighted by molar-refractivity contribution is 7.99. The molecule has 0 aliphatic carbocycles. The summed E-state index contributed by atoms with van der Waals surface area (Å²) in [6.07, 6.45) is 12.6. The van der Waals surface area contributed by atoms with Crippen LogP contribution in [0.5, 0.6) is 5.75 Å². The number of benzene rings is 1. The van der Waals surface area contributed by atoms with E-state index in [0.717, 1.165) is 18.6 Å². The summed E-state index contributed by atoms with van der Waals surface area (Å²) in [6.45, 7) is 1.90. The number of aromatic hydroxyl groups is 1. The summed E-state index contributed by atoms with van der Waals surface area (Å²) in [6, 6.07) is 4.31. The average Bonchev–Trinajstić information content (AvgIpc) is 2.69. The van der Waals surface area contributed by atoms with E-state index < -0.39 is 5.97 Å². The van der Waals surface area contributed by atoms with Crippen molar-refractivity contribution in [2.75, 3.05) is 11.5 Å². The monoisotopic (exact) mass is 418 g/mol. The van der Waals surface area contributed by atoms with Crippen LogP contribution in [0.1, 0.15) is 87.1 Å². The molecule has 0 aromatic heterocycles. The van der Waals surface area contributed by atoms with Crippen molar-refractivity contribution in [2.24, 2.45) is 0 Å². The van der Waals surface area contributed by atoms with E-state index in [-0.39, 0.29) is 23.5 Å². The Morgan fingerprint density at radius 2 is 1.59 bits per heavy atom. The topological polar surface area (TPSA) is 74.6 Å². The first-order valence-corrected chi connectivity index (χ1v) is 11.7. The highest BCUT2D eigenvalue weighted by Gasteiger charge is 2.12. The molecule has 0 unspecified atom stereocenters. The number of carbonyl (C=O) groups excluding carboxylic acids is 1. The number of carboxylic acid groups (broad SMARTS) is 1. The number of aromatic carboxylic acids is 1. The fourth-order valence-corrected chi connectivity index (χ4v) is 3.99. The maximum atomic E-state index is 12.1. The number of hydrogen-bond acceptors (Lipinski definition) is 4. The van der Waals surface area contributed by atoms with Crippen LogP contribution in [0.3, 0.4) is 0 Å². The number of carbonyl (C=O) groups is 2. The van der Waals surface area contributed by atoms with E-state index >= 15 is 0 Å². The quantitative estimate of drug-likeness (QED) is 0.260. The molecule has 0 radical (unpaired) electrons. The van der Waals surface area contributed by atoms with Gasteiger partial charge in [0.15, 0.2) is 0 Å². The van der Waals surface area contributed by atoms with Gasteiger partial charge in [-0.05, 0) is 43.2 Å². The molecule has 0 amide bonds. The summed E-state index contributed by atoms with van der Waals surface area (Å²) in [5.41, 5.74) is 0.470. The van der Waals surface area contributed by atoms with E-state index in [4.69, 9.17) is 5.11 Å². The number of hydrogen-bond donors (Lipinski definition) is 2. The smallest absolute Gasteiger partial charge is 0.339 e. The first-order valence-electron chi connectivity index (χ1n) is 10.6. The minimum absolute atomic E-state index is 0.0851. The van der Waals surface area contributed by atoms with Crippen molar-refractivity contribution < 1.29 is 19.8 Å². The van der Waals surface area contributed by atoms with Crippen molar-refractivity contribution in [3.05, 3.63) is 29.3 Å². The lowest BCUT2D eigenvalue weighted by Gasteiger charge is -2.05. The van der Waals surface area contributed by atoms with Crippen molar-refractivity contribution >= 4 is 23.5 Å². The van der Waals surface area contributed by atoms with Crippen LogP contribution in [-0.4, -0.2) is 33.5 Å². The van der Waals surface area contributed by atoms with Gasteiger partial charge in [-0.1, -0.05) is 51.0 Å². The van der Waals surface area contributed by atoms with E-state index in [1.807, 2.05) is 6.92 Å². The number of carboxylic acids is 1. The van der Waals surface area contributed by atoms with Gasteiger partial charge < -0.3 is 10.2 Å². The Bertz CT molecular complexity index is 688. The third-order valence-corrected chi connectivity index (χ3v) is 5.83. The zero-order chi connectivity index (χ0) is 21.3. The van der Waals surface area contributed by atoms with Gasteiger partial charge in [-0.2, -0.15) is 11.8 Å². The number of rotatable bonds is 16.